The number of para-hydroxylation sites is 2. The number of hydrogen-bond donors (Lipinski definition) is 1. The second-order valence-corrected chi connectivity index (χ2v) is 7.18. The van der Waals surface area contributed by atoms with Crippen LogP contribution in [0.3, 0.4) is 0 Å². The number of carbonyl (C=O) groups excluding carboxylic acids is 2. The number of Topliss-reactive ketones (excluding diaryl/α,β-unsaturated/α-hetero) is 1. The van der Waals surface area contributed by atoms with Crippen molar-refractivity contribution in [2.75, 3.05) is 12.0 Å². The Labute approximate surface area is 180 Å². The predicted molar refractivity (Wildman–Crippen MR) is 118 cm³/mol. The fourth-order valence-corrected chi connectivity index (χ4v) is 3.82. The highest BCUT2D eigenvalue weighted by atomic mass is 16.5. The van der Waals surface area contributed by atoms with Crippen molar-refractivity contribution in [1.82, 2.24) is 4.98 Å². The van der Waals surface area contributed by atoms with E-state index >= 15 is 0 Å². The molecule has 31 heavy (non-hydrogen) atoms. The lowest BCUT2D eigenvalue weighted by Gasteiger charge is -2.26. The van der Waals surface area contributed by atoms with Crippen LogP contribution in [-0.4, -0.2) is 28.9 Å². The van der Waals surface area contributed by atoms with Crippen LogP contribution < -0.4 is 9.64 Å². The number of amides is 1. The van der Waals surface area contributed by atoms with Crippen molar-refractivity contribution < 1.29 is 19.4 Å². The van der Waals surface area contributed by atoms with Crippen LogP contribution in [0.5, 0.6) is 5.75 Å². The molecule has 0 spiro atoms. The highest BCUT2D eigenvalue weighted by molar-refractivity contribution is 6.51. The Morgan fingerprint density at radius 1 is 1.06 bits per heavy atom. The van der Waals surface area contributed by atoms with Crippen molar-refractivity contribution >= 4 is 23.1 Å². The fourth-order valence-electron chi connectivity index (χ4n) is 3.82. The van der Waals surface area contributed by atoms with Crippen LogP contribution in [0.25, 0.3) is 5.76 Å². The largest absolute Gasteiger partial charge is 0.507 e. The first-order chi connectivity index (χ1) is 15.1. The van der Waals surface area contributed by atoms with Gasteiger partial charge in [-0.1, -0.05) is 49.4 Å². The van der Waals surface area contributed by atoms with Gasteiger partial charge in [-0.05, 0) is 35.7 Å². The number of methoxy groups -OCH3 is 1. The van der Waals surface area contributed by atoms with Gasteiger partial charge in [0.2, 0.25) is 0 Å². The Morgan fingerprint density at radius 2 is 1.81 bits per heavy atom. The summed E-state index contributed by atoms with van der Waals surface area (Å²) >= 11 is 0. The van der Waals surface area contributed by atoms with Gasteiger partial charge in [0, 0.05) is 18.0 Å². The summed E-state index contributed by atoms with van der Waals surface area (Å²) in [7, 11) is 1.50. The van der Waals surface area contributed by atoms with Crippen LogP contribution in [0.1, 0.15) is 29.7 Å². The minimum atomic E-state index is -0.837. The van der Waals surface area contributed by atoms with Crippen molar-refractivity contribution in [2.45, 2.75) is 19.4 Å². The summed E-state index contributed by atoms with van der Waals surface area (Å²) in [6, 6.07) is 16.9. The zero-order valence-electron chi connectivity index (χ0n) is 17.3. The molecule has 156 valence electrons. The first-order valence-corrected chi connectivity index (χ1v) is 10.00. The number of carbonyl (C=O) groups is 2. The van der Waals surface area contributed by atoms with E-state index in [2.05, 4.69) is 4.98 Å². The maximum Gasteiger partial charge on any atom is 0.300 e. The highest BCUT2D eigenvalue weighted by Gasteiger charge is 2.47. The summed E-state index contributed by atoms with van der Waals surface area (Å²) in [5.41, 5.74) is 2.66. The quantitative estimate of drug-likeness (QED) is 0.383. The number of aliphatic hydroxyl groups is 1. The third-order valence-electron chi connectivity index (χ3n) is 5.42. The maximum atomic E-state index is 13.2. The highest BCUT2D eigenvalue weighted by Crippen LogP contribution is 2.44. The molecular weight excluding hydrogens is 392 g/mol. The van der Waals surface area contributed by atoms with Gasteiger partial charge in [-0.25, -0.2) is 0 Å². The van der Waals surface area contributed by atoms with Gasteiger partial charge in [0.15, 0.2) is 0 Å². The number of nitrogens with zero attached hydrogens (tertiary/aromatic N) is 2. The van der Waals surface area contributed by atoms with Crippen LogP contribution in [0.4, 0.5) is 5.69 Å². The van der Waals surface area contributed by atoms with E-state index in [1.165, 1.54) is 12.0 Å². The van der Waals surface area contributed by atoms with Crippen LogP contribution in [0, 0.1) is 0 Å². The van der Waals surface area contributed by atoms with Gasteiger partial charge in [-0.15, -0.1) is 0 Å². The zero-order valence-corrected chi connectivity index (χ0v) is 17.3. The van der Waals surface area contributed by atoms with Gasteiger partial charge in [0.25, 0.3) is 11.7 Å². The molecule has 0 radical (unpaired) electrons. The minimum Gasteiger partial charge on any atom is -0.507 e. The van der Waals surface area contributed by atoms with Crippen LogP contribution in [0.2, 0.25) is 0 Å². The summed E-state index contributed by atoms with van der Waals surface area (Å²) in [4.78, 5) is 31.8. The second kappa shape index (κ2) is 8.44. The van der Waals surface area contributed by atoms with Crippen molar-refractivity contribution in [2.24, 2.45) is 0 Å². The molecular formula is C25H22N2O4. The summed E-state index contributed by atoms with van der Waals surface area (Å²) in [6.45, 7) is 2.04. The molecule has 1 saturated heterocycles. The zero-order chi connectivity index (χ0) is 22.0. The van der Waals surface area contributed by atoms with E-state index < -0.39 is 17.7 Å². The second-order valence-electron chi connectivity index (χ2n) is 7.18. The third-order valence-corrected chi connectivity index (χ3v) is 5.42. The SMILES string of the molecule is CCc1ccc(/C(O)=C2\C(=O)C(=O)N(c3ccccc3OC)C2c2cccnc2)cc1. The first kappa shape index (κ1) is 20.3. The predicted octanol–water partition coefficient (Wildman–Crippen LogP) is 4.28. The molecule has 3 aromatic rings. The molecule has 6 heteroatoms. The normalized spacial score (nSPS) is 17.7. The number of aromatic nitrogens is 1. The van der Waals surface area contributed by atoms with Gasteiger partial charge in [-0.3, -0.25) is 19.5 Å². The van der Waals surface area contributed by atoms with Crippen LogP contribution >= 0.6 is 0 Å². The molecule has 1 atom stereocenters. The van der Waals surface area contributed by atoms with E-state index in [1.54, 1.807) is 60.9 Å². The average molecular weight is 414 g/mol. The molecule has 0 saturated carbocycles. The molecule has 1 amide bonds. The molecule has 2 heterocycles. The lowest BCUT2D eigenvalue weighted by molar-refractivity contribution is -0.132. The molecule has 2 aromatic carbocycles. The Balaban J connectivity index is 1.94. The standard InChI is InChI=1S/C25H22N2O4/c1-3-16-10-12-17(13-11-16)23(28)21-22(18-7-6-14-26-15-18)27(25(30)24(21)29)19-8-4-5-9-20(19)31-2/h4-15,22,28H,3H2,1-2H3/b23-21+. The number of ketones is 1. The molecule has 1 aromatic heterocycles. The lowest BCUT2D eigenvalue weighted by atomic mass is 9.95. The van der Waals surface area contributed by atoms with Crippen LogP contribution in [-0.2, 0) is 16.0 Å². The average Bonchev–Trinajstić information content (AvgIpc) is 3.09. The molecule has 6 nitrogen and oxygen atoms in total. The molecule has 1 N–H and O–H groups in total. The molecule has 4 rings (SSSR count). The summed E-state index contributed by atoms with van der Waals surface area (Å²) < 4.78 is 5.43. The Morgan fingerprint density at radius 3 is 2.45 bits per heavy atom. The molecule has 1 aliphatic heterocycles. The van der Waals surface area contributed by atoms with Gasteiger partial charge in [0.05, 0.1) is 24.4 Å². The number of aryl methyl sites for hydroxylation is 1. The molecule has 0 aliphatic carbocycles. The summed E-state index contributed by atoms with van der Waals surface area (Å²) in [6.07, 6.45) is 4.06. The number of rotatable bonds is 5. The maximum absolute atomic E-state index is 13.2. The number of hydrogen-bond acceptors (Lipinski definition) is 5. The van der Waals surface area contributed by atoms with Gasteiger partial charge >= 0.3 is 0 Å². The number of pyridine rings is 1. The monoisotopic (exact) mass is 414 g/mol. The molecule has 1 fully saturated rings. The minimum absolute atomic E-state index is 0.0214. The molecule has 0 bridgehead atoms. The van der Waals surface area contributed by atoms with E-state index in [9.17, 15) is 14.7 Å². The van der Waals surface area contributed by atoms with E-state index in [1.807, 2.05) is 19.1 Å². The lowest BCUT2D eigenvalue weighted by Crippen LogP contribution is -2.29. The van der Waals surface area contributed by atoms with E-state index in [0.717, 1.165) is 12.0 Å². The number of anilines is 1. The molecule has 1 unspecified atom stereocenters. The smallest absolute Gasteiger partial charge is 0.300 e. The van der Waals surface area contributed by atoms with Crippen molar-refractivity contribution in [3.8, 4) is 5.75 Å². The topological polar surface area (TPSA) is 79.7 Å². The van der Waals surface area contributed by atoms with Crippen LogP contribution in [0.15, 0.2) is 78.6 Å². The third kappa shape index (κ3) is 3.57. The Kier molecular flexibility index (Phi) is 5.54. The Hall–Kier alpha value is -3.93. The van der Waals surface area contributed by atoms with E-state index in [0.29, 0.717) is 22.6 Å². The van der Waals surface area contributed by atoms with Gasteiger partial charge in [-0.2, -0.15) is 0 Å². The summed E-state index contributed by atoms with van der Waals surface area (Å²) in [5, 5.41) is 11.1. The Bertz CT molecular complexity index is 1150. The van der Waals surface area contributed by atoms with Gasteiger partial charge in [0.1, 0.15) is 11.5 Å². The van der Waals surface area contributed by atoms with E-state index in [-0.39, 0.29) is 11.3 Å². The number of benzene rings is 2. The summed E-state index contributed by atoms with van der Waals surface area (Å²) in [5.74, 6) is -1.25. The van der Waals surface area contributed by atoms with E-state index in [4.69, 9.17) is 4.74 Å². The first-order valence-electron chi connectivity index (χ1n) is 10.00. The van der Waals surface area contributed by atoms with Crippen molar-refractivity contribution in [1.29, 1.82) is 0 Å². The fraction of sp³-hybridized carbons (Fsp3) is 0.160. The molecule has 1 aliphatic rings. The van der Waals surface area contributed by atoms with Crippen molar-refractivity contribution in [3.63, 3.8) is 0 Å². The van der Waals surface area contributed by atoms with Crippen molar-refractivity contribution in [3.05, 3.63) is 95.3 Å². The van der Waals surface area contributed by atoms with Gasteiger partial charge < -0.3 is 9.84 Å². The number of ether oxygens (including phenoxy) is 1. The number of aliphatic hydroxyl groups excluding tert-OH is 1.